The van der Waals surface area contributed by atoms with Crippen LogP contribution in [0.4, 0.5) is 14.5 Å². The van der Waals surface area contributed by atoms with E-state index in [1.165, 1.54) is 0 Å². The summed E-state index contributed by atoms with van der Waals surface area (Å²) in [5.74, 6) is -0.871. The topological polar surface area (TPSA) is 76.3 Å². The Hall–Kier alpha value is -1.79. The van der Waals surface area contributed by atoms with Gasteiger partial charge in [0.25, 0.3) is 12.1 Å². The van der Waals surface area contributed by atoms with Gasteiger partial charge in [-0.2, -0.15) is 0 Å². The van der Waals surface area contributed by atoms with Gasteiger partial charge in [-0.1, -0.05) is 0 Å². The molecule has 0 saturated heterocycles. The van der Waals surface area contributed by atoms with Crippen LogP contribution in [0, 0.1) is 10.1 Å². The van der Waals surface area contributed by atoms with E-state index in [0.29, 0.717) is 6.20 Å². The minimum Gasteiger partial charge on any atom is -0.506 e. The number of halogens is 2. The third-order valence-corrected chi connectivity index (χ3v) is 1.36. The number of hydrogen-bond donors (Lipinski definition) is 1. The van der Waals surface area contributed by atoms with E-state index >= 15 is 0 Å². The molecule has 1 aromatic rings. The average Bonchev–Trinajstić information content (AvgIpc) is 2.02. The van der Waals surface area contributed by atoms with Gasteiger partial charge in [0, 0.05) is 0 Å². The summed E-state index contributed by atoms with van der Waals surface area (Å²) in [7, 11) is 0. The first-order chi connectivity index (χ1) is 6.04. The molecule has 0 fully saturated rings. The highest BCUT2D eigenvalue weighted by atomic mass is 19.3. The van der Waals surface area contributed by atoms with Gasteiger partial charge in [-0.15, -0.1) is 0 Å². The summed E-state index contributed by atoms with van der Waals surface area (Å²) in [6.45, 7) is 0. The Morgan fingerprint density at radius 1 is 1.54 bits per heavy atom. The van der Waals surface area contributed by atoms with Crippen molar-refractivity contribution in [3.8, 4) is 5.75 Å². The van der Waals surface area contributed by atoms with E-state index in [9.17, 15) is 18.9 Å². The quantitative estimate of drug-likeness (QED) is 0.567. The molecule has 0 amide bonds. The van der Waals surface area contributed by atoms with E-state index in [0.717, 1.165) is 6.20 Å². The maximum Gasteiger partial charge on any atom is 0.300 e. The van der Waals surface area contributed by atoms with Crippen LogP contribution in [-0.4, -0.2) is 15.0 Å². The summed E-state index contributed by atoms with van der Waals surface area (Å²) >= 11 is 0. The summed E-state index contributed by atoms with van der Waals surface area (Å²) in [6.07, 6.45) is -1.70. The second-order valence-electron chi connectivity index (χ2n) is 2.15. The van der Waals surface area contributed by atoms with E-state index < -0.39 is 28.3 Å². The lowest BCUT2D eigenvalue weighted by Crippen LogP contribution is -1.97. The minimum atomic E-state index is -3.09. The molecular weight excluding hydrogens is 186 g/mol. The Morgan fingerprint density at radius 3 is 2.54 bits per heavy atom. The van der Waals surface area contributed by atoms with Crippen LogP contribution in [0.25, 0.3) is 0 Å². The van der Waals surface area contributed by atoms with Crippen LogP contribution in [0.3, 0.4) is 0 Å². The fourth-order valence-electron chi connectivity index (χ4n) is 0.818. The largest absolute Gasteiger partial charge is 0.506 e. The lowest BCUT2D eigenvalue weighted by molar-refractivity contribution is -0.386. The van der Waals surface area contributed by atoms with Crippen molar-refractivity contribution in [1.82, 2.24) is 4.98 Å². The van der Waals surface area contributed by atoms with Gasteiger partial charge >= 0.3 is 0 Å². The van der Waals surface area contributed by atoms with Crippen LogP contribution in [0.2, 0.25) is 0 Å². The highest BCUT2D eigenvalue weighted by Gasteiger charge is 2.25. The van der Waals surface area contributed by atoms with Crippen LogP contribution in [0.1, 0.15) is 12.0 Å². The molecule has 0 aliphatic heterocycles. The van der Waals surface area contributed by atoms with E-state index in [2.05, 4.69) is 4.98 Å². The Bertz CT molecular complexity index is 343. The van der Waals surface area contributed by atoms with E-state index in [-0.39, 0.29) is 0 Å². The summed E-state index contributed by atoms with van der Waals surface area (Å²) in [6, 6.07) is 0. The SMILES string of the molecule is O=[N+]([O-])c1cncc(O)c1C(F)F. The smallest absolute Gasteiger partial charge is 0.300 e. The molecule has 1 aromatic heterocycles. The van der Waals surface area contributed by atoms with Crippen molar-refractivity contribution < 1.29 is 18.8 Å². The van der Waals surface area contributed by atoms with Gasteiger partial charge in [-0.05, 0) is 0 Å². The molecule has 5 nitrogen and oxygen atoms in total. The Balaban J connectivity index is 3.34. The third kappa shape index (κ3) is 1.68. The van der Waals surface area contributed by atoms with Crippen LogP contribution >= 0.6 is 0 Å². The average molecular weight is 190 g/mol. The monoisotopic (exact) mass is 190 g/mol. The van der Waals surface area contributed by atoms with Crippen molar-refractivity contribution in [1.29, 1.82) is 0 Å². The molecule has 70 valence electrons. The summed E-state index contributed by atoms with van der Waals surface area (Å²) in [4.78, 5) is 12.4. The first kappa shape index (κ1) is 9.30. The van der Waals surface area contributed by atoms with Crippen molar-refractivity contribution >= 4 is 5.69 Å². The van der Waals surface area contributed by atoms with Crippen LogP contribution in [-0.2, 0) is 0 Å². The fraction of sp³-hybridized carbons (Fsp3) is 0.167. The van der Waals surface area contributed by atoms with Gasteiger partial charge in [0.15, 0.2) is 0 Å². The minimum absolute atomic E-state index is 0.668. The predicted octanol–water partition coefficient (Wildman–Crippen LogP) is 1.63. The Morgan fingerprint density at radius 2 is 2.15 bits per heavy atom. The predicted molar refractivity (Wildman–Crippen MR) is 37.5 cm³/mol. The molecule has 0 unspecified atom stereocenters. The first-order valence-electron chi connectivity index (χ1n) is 3.13. The second kappa shape index (κ2) is 3.30. The Labute approximate surface area is 70.8 Å². The van der Waals surface area contributed by atoms with Crippen molar-refractivity contribution in [2.24, 2.45) is 0 Å². The molecule has 7 heteroatoms. The molecule has 13 heavy (non-hydrogen) atoms. The molecule has 1 N–H and O–H groups in total. The number of hydrogen-bond acceptors (Lipinski definition) is 4. The third-order valence-electron chi connectivity index (χ3n) is 1.36. The van der Waals surface area contributed by atoms with Crippen LogP contribution in [0.5, 0.6) is 5.75 Å². The number of nitrogens with zero attached hydrogens (tertiary/aromatic N) is 2. The molecule has 0 atom stereocenters. The van der Waals surface area contributed by atoms with Gasteiger partial charge < -0.3 is 5.11 Å². The van der Waals surface area contributed by atoms with Crippen molar-refractivity contribution in [3.05, 3.63) is 28.1 Å². The highest BCUT2D eigenvalue weighted by Crippen LogP contribution is 2.34. The highest BCUT2D eigenvalue weighted by molar-refractivity contribution is 5.46. The standard InChI is InChI=1S/C6H4F2N2O3/c7-6(8)5-3(10(12)13)1-9-2-4(5)11/h1-2,6,11H. The molecule has 0 bridgehead atoms. The van der Waals surface area contributed by atoms with Crippen molar-refractivity contribution in [3.63, 3.8) is 0 Å². The number of nitro groups is 1. The van der Waals surface area contributed by atoms with Crippen molar-refractivity contribution in [2.45, 2.75) is 6.43 Å². The zero-order valence-corrected chi connectivity index (χ0v) is 6.15. The summed E-state index contributed by atoms with van der Waals surface area (Å²) in [5, 5.41) is 19.1. The van der Waals surface area contributed by atoms with Gasteiger partial charge in [0.1, 0.15) is 17.5 Å². The zero-order valence-electron chi connectivity index (χ0n) is 6.15. The number of aromatic nitrogens is 1. The van der Waals surface area contributed by atoms with Crippen LogP contribution < -0.4 is 0 Å². The zero-order chi connectivity index (χ0) is 10.0. The second-order valence-corrected chi connectivity index (χ2v) is 2.15. The van der Waals surface area contributed by atoms with E-state index in [1.54, 1.807) is 0 Å². The molecule has 0 saturated carbocycles. The molecule has 0 aromatic carbocycles. The number of alkyl halides is 2. The fourth-order valence-corrected chi connectivity index (χ4v) is 0.818. The maximum absolute atomic E-state index is 12.2. The molecule has 0 radical (unpaired) electrons. The first-order valence-corrected chi connectivity index (χ1v) is 3.13. The molecule has 1 heterocycles. The number of rotatable bonds is 2. The van der Waals surface area contributed by atoms with E-state index in [1.807, 2.05) is 0 Å². The lowest BCUT2D eigenvalue weighted by Gasteiger charge is -2.02. The van der Waals surface area contributed by atoms with Gasteiger partial charge in [0.2, 0.25) is 0 Å². The Kier molecular flexibility index (Phi) is 2.36. The maximum atomic E-state index is 12.2. The number of pyridine rings is 1. The molecule has 0 spiro atoms. The molecule has 0 aliphatic carbocycles. The van der Waals surface area contributed by atoms with Gasteiger partial charge in [0.05, 0.1) is 11.1 Å². The normalized spacial score (nSPS) is 10.4. The van der Waals surface area contributed by atoms with E-state index in [4.69, 9.17) is 5.11 Å². The molecule has 0 aliphatic rings. The van der Waals surface area contributed by atoms with Crippen molar-refractivity contribution in [2.75, 3.05) is 0 Å². The van der Waals surface area contributed by atoms with Crippen LogP contribution in [0.15, 0.2) is 12.4 Å². The summed E-state index contributed by atoms with van der Waals surface area (Å²) < 4.78 is 24.3. The summed E-state index contributed by atoms with van der Waals surface area (Å²) in [5.41, 5.74) is -1.88. The number of aromatic hydroxyl groups is 1. The van der Waals surface area contributed by atoms with Gasteiger partial charge in [-0.3, -0.25) is 15.1 Å². The van der Waals surface area contributed by atoms with Gasteiger partial charge in [-0.25, -0.2) is 8.78 Å². The lowest BCUT2D eigenvalue weighted by atomic mass is 10.2. The molecular formula is C6H4F2N2O3. The molecule has 1 rings (SSSR count).